The number of carbonyl (C=O) groups is 5. The fourth-order valence-electron chi connectivity index (χ4n) is 3.77. The Morgan fingerprint density at radius 1 is 1.03 bits per heavy atom. The van der Waals surface area contributed by atoms with Gasteiger partial charge in [-0.3, -0.25) is 19.2 Å². The molecular weight excluding hydrogens is 428 g/mol. The van der Waals surface area contributed by atoms with E-state index in [4.69, 9.17) is 0 Å². The number of carbonyl (C=O) groups excluding carboxylic acids is 5. The molecule has 2 rings (SSSR count). The number of esters is 1. The van der Waals surface area contributed by atoms with Crippen molar-refractivity contribution in [2.75, 3.05) is 13.7 Å². The van der Waals surface area contributed by atoms with Crippen LogP contribution in [0.3, 0.4) is 0 Å². The highest BCUT2D eigenvalue weighted by molar-refractivity contribution is 5.95. The molecule has 1 aliphatic heterocycles. The van der Waals surface area contributed by atoms with Crippen LogP contribution in [0.4, 0.5) is 0 Å². The molecule has 0 saturated carbocycles. The third-order valence-electron chi connectivity index (χ3n) is 5.46. The molecule has 33 heavy (non-hydrogen) atoms. The van der Waals surface area contributed by atoms with E-state index in [-0.39, 0.29) is 12.3 Å². The highest BCUT2D eigenvalue weighted by Gasteiger charge is 2.38. The first-order chi connectivity index (χ1) is 15.6. The first-order valence-electron chi connectivity index (χ1n) is 10.9. The molecule has 1 aromatic rings. The lowest BCUT2D eigenvalue weighted by Gasteiger charge is -2.30. The summed E-state index contributed by atoms with van der Waals surface area (Å²) in [6.45, 7) is 4.69. The van der Waals surface area contributed by atoms with Crippen LogP contribution in [0.2, 0.25) is 0 Å². The van der Waals surface area contributed by atoms with Crippen molar-refractivity contribution in [3.63, 3.8) is 0 Å². The number of ether oxygens (including phenoxy) is 1. The van der Waals surface area contributed by atoms with E-state index in [0.717, 1.165) is 5.56 Å². The molecule has 4 atom stereocenters. The molecule has 0 aromatic heterocycles. The number of benzene rings is 1. The summed E-state index contributed by atoms with van der Waals surface area (Å²) in [4.78, 5) is 63.3. The molecular formula is C23H32N4O6. The second-order valence-corrected chi connectivity index (χ2v) is 8.12. The smallest absolute Gasteiger partial charge is 0.328 e. The van der Waals surface area contributed by atoms with Gasteiger partial charge < -0.3 is 25.6 Å². The molecule has 0 spiro atoms. The van der Waals surface area contributed by atoms with Crippen molar-refractivity contribution in [1.29, 1.82) is 0 Å². The van der Waals surface area contributed by atoms with Gasteiger partial charge in [-0.25, -0.2) is 4.79 Å². The van der Waals surface area contributed by atoms with Crippen molar-refractivity contribution in [3.8, 4) is 0 Å². The third kappa shape index (κ3) is 7.30. The number of nitrogens with one attached hydrogen (secondary N) is 3. The predicted molar refractivity (Wildman–Crippen MR) is 120 cm³/mol. The van der Waals surface area contributed by atoms with Crippen molar-refractivity contribution >= 4 is 29.6 Å². The number of methoxy groups -OCH3 is 1. The molecule has 180 valence electrons. The molecule has 1 fully saturated rings. The molecule has 0 radical (unpaired) electrons. The van der Waals surface area contributed by atoms with E-state index in [1.165, 1.54) is 32.8 Å². The van der Waals surface area contributed by atoms with Crippen LogP contribution >= 0.6 is 0 Å². The van der Waals surface area contributed by atoms with E-state index in [1.54, 1.807) is 0 Å². The summed E-state index contributed by atoms with van der Waals surface area (Å²) in [7, 11) is 1.23. The van der Waals surface area contributed by atoms with Crippen molar-refractivity contribution in [2.45, 2.75) is 64.2 Å². The average molecular weight is 461 g/mol. The van der Waals surface area contributed by atoms with E-state index in [2.05, 4.69) is 20.7 Å². The van der Waals surface area contributed by atoms with Crippen molar-refractivity contribution < 1.29 is 28.7 Å². The zero-order chi connectivity index (χ0) is 24.5. The molecule has 0 unspecified atom stereocenters. The Bertz CT molecular complexity index is 875. The van der Waals surface area contributed by atoms with Crippen LogP contribution in [0.1, 0.15) is 39.2 Å². The van der Waals surface area contributed by atoms with Gasteiger partial charge in [0.1, 0.15) is 24.2 Å². The largest absolute Gasteiger partial charge is 0.467 e. The Labute approximate surface area is 193 Å². The van der Waals surface area contributed by atoms with Crippen molar-refractivity contribution in [1.82, 2.24) is 20.9 Å². The molecule has 0 bridgehead atoms. The monoisotopic (exact) mass is 460 g/mol. The number of rotatable bonds is 9. The first kappa shape index (κ1) is 25.8. The van der Waals surface area contributed by atoms with Crippen LogP contribution < -0.4 is 16.0 Å². The van der Waals surface area contributed by atoms with Gasteiger partial charge in [-0.05, 0) is 32.3 Å². The van der Waals surface area contributed by atoms with E-state index >= 15 is 0 Å². The Balaban J connectivity index is 2.19. The molecule has 1 aromatic carbocycles. The fraction of sp³-hybridized carbons (Fsp3) is 0.522. The molecule has 1 aliphatic rings. The van der Waals surface area contributed by atoms with Gasteiger partial charge in [0.2, 0.25) is 23.6 Å². The van der Waals surface area contributed by atoms with Crippen LogP contribution in [-0.2, 0) is 35.1 Å². The van der Waals surface area contributed by atoms with Gasteiger partial charge in [0.25, 0.3) is 0 Å². The standard InChI is InChI=1S/C23H32N4O6/c1-14(24-16(3)28)20(29)26-18(13-17-9-6-5-7-10-17)22(31)27-12-8-11-19(27)21(30)25-15(2)23(32)33-4/h5-7,9-10,14-15,18-19H,8,11-13H2,1-4H3,(H,24,28)(H,25,30)(H,26,29)/t14-,15-,18-,19-/m0/s1. The average Bonchev–Trinajstić information content (AvgIpc) is 3.27. The highest BCUT2D eigenvalue weighted by atomic mass is 16.5. The van der Waals surface area contributed by atoms with Gasteiger partial charge in [0.05, 0.1) is 7.11 Å². The van der Waals surface area contributed by atoms with Gasteiger partial charge in [-0.15, -0.1) is 0 Å². The minimum atomic E-state index is -0.928. The lowest BCUT2D eigenvalue weighted by molar-refractivity contribution is -0.146. The van der Waals surface area contributed by atoms with E-state index in [9.17, 15) is 24.0 Å². The SMILES string of the molecule is COC(=O)[C@H](C)NC(=O)[C@@H]1CCCN1C(=O)[C@H](Cc1ccccc1)NC(=O)[C@H](C)NC(C)=O. The second-order valence-electron chi connectivity index (χ2n) is 8.12. The van der Waals surface area contributed by atoms with Crippen molar-refractivity contribution in [3.05, 3.63) is 35.9 Å². The van der Waals surface area contributed by atoms with Gasteiger partial charge in [0, 0.05) is 19.9 Å². The number of amides is 4. The summed E-state index contributed by atoms with van der Waals surface area (Å²) < 4.78 is 4.64. The van der Waals surface area contributed by atoms with E-state index in [1.807, 2.05) is 30.3 Å². The van der Waals surface area contributed by atoms with E-state index in [0.29, 0.717) is 19.4 Å². The number of likely N-dealkylation sites (tertiary alicyclic amines) is 1. The lowest BCUT2D eigenvalue weighted by Crippen LogP contribution is -2.57. The van der Waals surface area contributed by atoms with Crippen molar-refractivity contribution in [2.24, 2.45) is 0 Å². The van der Waals surface area contributed by atoms with Crippen LogP contribution in [0.15, 0.2) is 30.3 Å². The van der Waals surface area contributed by atoms with Crippen LogP contribution in [0.5, 0.6) is 0 Å². The maximum Gasteiger partial charge on any atom is 0.328 e. The normalized spacial score (nSPS) is 17.9. The van der Waals surface area contributed by atoms with Crippen LogP contribution in [-0.4, -0.2) is 72.3 Å². The molecule has 3 N–H and O–H groups in total. The summed E-state index contributed by atoms with van der Waals surface area (Å²) in [6, 6.07) is 5.84. The lowest BCUT2D eigenvalue weighted by atomic mass is 10.0. The molecule has 10 nitrogen and oxygen atoms in total. The summed E-state index contributed by atoms with van der Waals surface area (Å²) >= 11 is 0. The molecule has 10 heteroatoms. The summed E-state index contributed by atoms with van der Waals surface area (Å²) in [5.74, 6) is -2.29. The van der Waals surface area contributed by atoms with Gasteiger partial charge in [-0.2, -0.15) is 0 Å². The zero-order valence-electron chi connectivity index (χ0n) is 19.4. The molecule has 1 saturated heterocycles. The maximum atomic E-state index is 13.5. The van der Waals surface area contributed by atoms with Gasteiger partial charge in [0.15, 0.2) is 0 Å². The fourth-order valence-corrected chi connectivity index (χ4v) is 3.77. The highest BCUT2D eigenvalue weighted by Crippen LogP contribution is 2.20. The number of nitrogens with zero attached hydrogens (tertiary/aromatic N) is 1. The Morgan fingerprint density at radius 2 is 1.70 bits per heavy atom. The Kier molecular flexibility index (Phi) is 9.38. The second kappa shape index (κ2) is 12.0. The summed E-state index contributed by atoms with van der Waals surface area (Å²) in [6.07, 6.45) is 1.28. The Morgan fingerprint density at radius 3 is 2.30 bits per heavy atom. The van der Waals surface area contributed by atoms with Gasteiger partial charge >= 0.3 is 5.97 Å². The first-order valence-corrected chi connectivity index (χ1v) is 10.9. The molecule has 1 heterocycles. The maximum absolute atomic E-state index is 13.5. The zero-order valence-corrected chi connectivity index (χ0v) is 19.4. The topological polar surface area (TPSA) is 134 Å². The molecule has 4 amide bonds. The predicted octanol–water partition coefficient (Wildman–Crippen LogP) is -0.0928. The quantitative estimate of drug-likeness (QED) is 0.441. The minimum absolute atomic E-state index is 0.224. The molecule has 0 aliphatic carbocycles. The Hall–Kier alpha value is -3.43. The summed E-state index contributed by atoms with van der Waals surface area (Å²) in [5, 5.41) is 7.81. The third-order valence-corrected chi connectivity index (χ3v) is 5.46. The number of hydrogen-bond acceptors (Lipinski definition) is 6. The van der Waals surface area contributed by atoms with Crippen LogP contribution in [0, 0.1) is 0 Å². The van der Waals surface area contributed by atoms with Crippen LogP contribution in [0.25, 0.3) is 0 Å². The minimum Gasteiger partial charge on any atom is -0.467 e. The van der Waals surface area contributed by atoms with Gasteiger partial charge in [-0.1, -0.05) is 30.3 Å². The number of hydrogen-bond donors (Lipinski definition) is 3. The summed E-state index contributed by atoms with van der Waals surface area (Å²) in [5.41, 5.74) is 0.836. The van der Waals surface area contributed by atoms with E-state index < -0.39 is 47.9 Å².